The normalized spacial score (nSPS) is 11.3. The predicted octanol–water partition coefficient (Wildman–Crippen LogP) is 6.79. The van der Waals surface area contributed by atoms with Crippen LogP contribution < -0.4 is 16.2 Å². The van der Waals surface area contributed by atoms with Crippen molar-refractivity contribution in [2.45, 2.75) is 46.5 Å². The lowest BCUT2D eigenvalue weighted by Gasteiger charge is -2.21. The molecular weight excluding hydrogens is 424 g/mol. The first kappa shape index (κ1) is 23.2. The lowest BCUT2D eigenvalue weighted by Crippen LogP contribution is -2.26. The van der Waals surface area contributed by atoms with Crippen LogP contribution in [0, 0.1) is 6.92 Å². The van der Waals surface area contributed by atoms with Crippen molar-refractivity contribution >= 4 is 28.4 Å². The van der Waals surface area contributed by atoms with Gasteiger partial charge in [-0.3, -0.25) is 4.79 Å². The van der Waals surface area contributed by atoms with Crippen molar-refractivity contribution in [3.8, 4) is 11.1 Å². The van der Waals surface area contributed by atoms with Gasteiger partial charge < -0.3 is 15.6 Å². The molecule has 6 heteroatoms. The number of urea groups is 1. The highest BCUT2D eigenvalue weighted by molar-refractivity contribution is 6.07. The number of carbonyl (C=O) groups excluding carboxylic acids is 1. The number of aromatic amines is 1. The van der Waals surface area contributed by atoms with Gasteiger partial charge in [0.05, 0.1) is 0 Å². The third-order valence-corrected chi connectivity index (χ3v) is 5.94. The molecular formula is C28H30N4O2. The van der Waals surface area contributed by atoms with E-state index in [1.807, 2.05) is 61.5 Å². The van der Waals surface area contributed by atoms with Gasteiger partial charge in [-0.1, -0.05) is 75.7 Å². The second-order valence-electron chi connectivity index (χ2n) is 9.17. The topological polar surface area (TPSA) is 86.9 Å². The summed E-state index contributed by atoms with van der Waals surface area (Å²) in [6.45, 7) is 10.4. The van der Waals surface area contributed by atoms with Crippen molar-refractivity contribution in [3.63, 3.8) is 0 Å². The first-order valence-corrected chi connectivity index (χ1v) is 11.5. The molecule has 4 aromatic rings. The Hall–Kier alpha value is -3.93. The van der Waals surface area contributed by atoms with Gasteiger partial charge in [0.15, 0.2) is 0 Å². The number of aromatic nitrogens is 2. The zero-order valence-corrected chi connectivity index (χ0v) is 20.2. The summed E-state index contributed by atoms with van der Waals surface area (Å²) in [5.41, 5.74) is 5.70. The second kappa shape index (κ2) is 9.51. The van der Waals surface area contributed by atoms with Crippen molar-refractivity contribution < 1.29 is 4.79 Å². The maximum atomic E-state index is 13.3. The highest BCUT2D eigenvalue weighted by atomic mass is 16.2. The molecule has 34 heavy (non-hydrogen) atoms. The lowest BCUT2D eigenvalue weighted by molar-refractivity contribution is 0.262. The van der Waals surface area contributed by atoms with Gasteiger partial charge in [0.2, 0.25) is 0 Å². The van der Waals surface area contributed by atoms with Gasteiger partial charge in [-0.15, -0.1) is 0 Å². The van der Waals surface area contributed by atoms with E-state index in [4.69, 9.17) is 0 Å². The molecule has 0 bridgehead atoms. The van der Waals surface area contributed by atoms with Crippen molar-refractivity contribution in [3.05, 3.63) is 87.8 Å². The molecule has 0 spiro atoms. The van der Waals surface area contributed by atoms with Crippen molar-refractivity contribution in [1.29, 1.82) is 0 Å². The van der Waals surface area contributed by atoms with Gasteiger partial charge in [-0.2, -0.15) is 0 Å². The van der Waals surface area contributed by atoms with Crippen molar-refractivity contribution in [2.75, 3.05) is 10.6 Å². The first-order valence-electron chi connectivity index (χ1n) is 11.5. The van der Waals surface area contributed by atoms with Gasteiger partial charge in [0, 0.05) is 22.8 Å². The minimum absolute atomic E-state index is 0.191. The molecule has 2 aromatic heterocycles. The third kappa shape index (κ3) is 4.57. The van der Waals surface area contributed by atoms with E-state index in [0.717, 1.165) is 33.3 Å². The molecule has 2 amide bonds. The fraction of sp³-hybridized carbons (Fsp3) is 0.250. The maximum absolute atomic E-state index is 13.3. The number of nitrogens with one attached hydrogen (secondary N) is 3. The summed E-state index contributed by atoms with van der Waals surface area (Å²) in [5, 5.41) is 6.64. The number of pyridine rings is 2. The molecule has 3 N–H and O–H groups in total. The van der Waals surface area contributed by atoms with Crippen LogP contribution in [0.4, 0.5) is 16.2 Å². The first-order chi connectivity index (χ1) is 16.3. The van der Waals surface area contributed by atoms with Crippen LogP contribution in [0.15, 0.2) is 65.6 Å². The number of rotatable bonds is 5. The monoisotopic (exact) mass is 454 g/mol. The minimum atomic E-state index is -0.461. The minimum Gasteiger partial charge on any atom is -0.307 e. The van der Waals surface area contributed by atoms with Crippen LogP contribution in [0.1, 0.15) is 56.2 Å². The number of aryl methyl sites for hydroxylation is 1. The second-order valence-corrected chi connectivity index (χ2v) is 9.17. The Morgan fingerprint density at radius 2 is 1.53 bits per heavy atom. The zero-order chi connectivity index (χ0) is 24.4. The van der Waals surface area contributed by atoms with E-state index >= 15 is 0 Å². The van der Waals surface area contributed by atoms with Gasteiger partial charge in [-0.25, -0.2) is 9.78 Å². The van der Waals surface area contributed by atoms with E-state index in [1.54, 1.807) is 6.20 Å². The Balaban J connectivity index is 1.81. The van der Waals surface area contributed by atoms with E-state index in [1.165, 1.54) is 0 Å². The molecule has 0 saturated heterocycles. The summed E-state index contributed by atoms with van der Waals surface area (Å²) >= 11 is 0. The number of benzene rings is 2. The average Bonchev–Trinajstić information content (AvgIpc) is 2.79. The SMILES string of the molecule is Cc1cccc(-c2c(NC(=O)Nc3c(C(C)C)cccc3C(C)C)c(=O)[nH]c3ncccc23)c1. The van der Waals surface area contributed by atoms with Crippen LogP contribution in [-0.2, 0) is 0 Å². The summed E-state index contributed by atoms with van der Waals surface area (Å²) in [5.74, 6) is 0.457. The third-order valence-electron chi connectivity index (χ3n) is 5.94. The predicted molar refractivity (Wildman–Crippen MR) is 140 cm³/mol. The largest absolute Gasteiger partial charge is 0.323 e. The summed E-state index contributed by atoms with van der Waals surface area (Å²) in [6, 6.07) is 17.2. The fourth-order valence-corrected chi connectivity index (χ4v) is 4.30. The van der Waals surface area contributed by atoms with Crippen LogP contribution in [0.3, 0.4) is 0 Å². The van der Waals surface area contributed by atoms with Gasteiger partial charge in [0.1, 0.15) is 11.3 Å². The molecule has 0 aliphatic carbocycles. The van der Waals surface area contributed by atoms with Crippen LogP contribution in [-0.4, -0.2) is 16.0 Å². The Morgan fingerprint density at radius 1 is 0.882 bits per heavy atom. The lowest BCUT2D eigenvalue weighted by atomic mass is 9.93. The van der Waals surface area contributed by atoms with Crippen molar-refractivity contribution in [2.24, 2.45) is 0 Å². The number of anilines is 2. The van der Waals surface area contributed by atoms with Crippen LogP contribution in [0.25, 0.3) is 22.2 Å². The number of para-hydroxylation sites is 1. The molecule has 0 unspecified atom stereocenters. The summed E-state index contributed by atoms with van der Waals surface area (Å²) in [7, 11) is 0. The summed E-state index contributed by atoms with van der Waals surface area (Å²) in [4.78, 5) is 33.5. The molecule has 0 fully saturated rings. The van der Waals surface area contributed by atoms with Gasteiger partial charge >= 0.3 is 6.03 Å². The maximum Gasteiger partial charge on any atom is 0.323 e. The molecule has 2 aromatic carbocycles. The van der Waals surface area contributed by atoms with E-state index in [2.05, 4.69) is 48.3 Å². The summed E-state index contributed by atoms with van der Waals surface area (Å²) in [6.07, 6.45) is 1.63. The highest BCUT2D eigenvalue weighted by Gasteiger charge is 2.20. The molecule has 4 rings (SSSR count). The smallest absolute Gasteiger partial charge is 0.307 e. The van der Waals surface area contributed by atoms with E-state index in [9.17, 15) is 9.59 Å². The quantitative estimate of drug-likeness (QED) is 0.310. The molecule has 0 atom stereocenters. The van der Waals surface area contributed by atoms with E-state index in [0.29, 0.717) is 11.2 Å². The number of hydrogen-bond acceptors (Lipinski definition) is 3. The summed E-state index contributed by atoms with van der Waals surface area (Å²) < 4.78 is 0. The number of amides is 2. The van der Waals surface area contributed by atoms with Gasteiger partial charge in [-0.05, 0) is 47.6 Å². The van der Waals surface area contributed by atoms with Gasteiger partial charge in [0.25, 0.3) is 5.56 Å². The van der Waals surface area contributed by atoms with E-state index in [-0.39, 0.29) is 17.5 Å². The molecule has 0 aliphatic heterocycles. The van der Waals surface area contributed by atoms with E-state index < -0.39 is 11.6 Å². The number of carbonyl (C=O) groups is 1. The number of hydrogen-bond donors (Lipinski definition) is 3. The van der Waals surface area contributed by atoms with Crippen molar-refractivity contribution in [1.82, 2.24) is 9.97 Å². The molecule has 0 radical (unpaired) electrons. The highest BCUT2D eigenvalue weighted by Crippen LogP contribution is 2.34. The Kier molecular flexibility index (Phi) is 6.50. The number of fused-ring (bicyclic) bond motifs is 1. The molecule has 0 aliphatic rings. The Labute approximate surface area is 199 Å². The average molecular weight is 455 g/mol. The number of H-pyrrole nitrogens is 1. The molecule has 2 heterocycles. The molecule has 0 saturated carbocycles. The molecule has 174 valence electrons. The number of nitrogens with zero attached hydrogens (tertiary/aromatic N) is 1. The standard InChI is InChI=1S/C28H30N4O2/c1-16(2)20-11-7-12-21(17(3)4)24(20)30-28(34)31-25-23(19-10-6-9-18(5)15-19)22-13-8-14-29-26(22)32-27(25)33/h6-17H,1-5H3,(H,29,32,33)(H2,30,31,34). The van der Waals surface area contributed by atoms with Crippen LogP contribution in [0.5, 0.6) is 0 Å². The fourth-order valence-electron chi connectivity index (χ4n) is 4.30. The Morgan fingerprint density at radius 3 is 2.18 bits per heavy atom. The Bertz CT molecular complexity index is 1390. The van der Waals surface area contributed by atoms with Crippen LogP contribution >= 0.6 is 0 Å². The zero-order valence-electron chi connectivity index (χ0n) is 20.2. The van der Waals surface area contributed by atoms with Crippen LogP contribution in [0.2, 0.25) is 0 Å². The molecule has 6 nitrogen and oxygen atoms in total.